The van der Waals surface area contributed by atoms with Gasteiger partial charge in [0.25, 0.3) is 0 Å². The molecule has 32 heavy (non-hydrogen) atoms. The van der Waals surface area contributed by atoms with Crippen molar-refractivity contribution in [3.8, 4) is 17.5 Å². The monoisotopic (exact) mass is 456 g/mol. The second kappa shape index (κ2) is 9.92. The van der Waals surface area contributed by atoms with E-state index in [0.717, 1.165) is 11.3 Å². The number of rotatable bonds is 9. The van der Waals surface area contributed by atoms with Gasteiger partial charge in [0.05, 0.1) is 24.6 Å². The van der Waals surface area contributed by atoms with Crippen molar-refractivity contribution >= 4 is 19.3 Å². The third-order valence-corrected chi connectivity index (χ3v) is 6.14. The average molecular weight is 456 g/mol. The lowest BCUT2D eigenvalue weighted by atomic mass is 10.1. The van der Waals surface area contributed by atoms with Crippen LogP contribution in [0.5, 0.6) is 0 Å². The Kier molecular flexibility index (Phi) is 7.26. The Morgan fingerprint density at radius 3 is 2.38 bits per heavy atom. The summed E-state index contributed by atoms with van der Waals surface area (Å²) in [5.41, 5.74) is 3.16. The number of allylic oxidation sites excluding steroid dienone is 1. The van der Waals surface area contributed by atoms with E-state index in [2.05, 4.69) is 21.3 Å². The lowest BCUT2D eigenvalue weighted by Gasteiger charge is -2.20. The summed E-state index contributed by atoms with van der Waals surface area (Å²) in [7, 11) is -2.30. The van der Waals surface area contributed by atoms with E-state index in [1.807, 2.05) is 26.0 Å². The summed E-state index contributed by atoms with van der Waals surface area (Å²) in [5.74, 6) is -0.00555. The Balaban J connectivity index is 2.21. The quantitative estimate of drug-likeness (QED) is 0.265. The maximum absolute atomic E-state index is 13.2. The molecule has 0 atom stereocenters. The molecule has 0 unspecified atom stereocenters. The second-order valence-corrected chi connectivity index (χ2v) is 8.30. The van der Waals surface area contributed by atoms with Crippen molar-refractivity contribution in [2.24, 2.45) is 7.05 Å². The summed E-state index contributed by atoms with van der Waals surface area (Å²) in [4.78, 5) is 4.29. The largest absolute Gasteiger partial charge is 0.530 e. The third kappa shape index (κ3) is 4.81. The van der Waals surface area contributed by atoms with Crippen molar-refractivity contribution in [2.75, 3.05) is 13.2 Å². The predicted octanol–water partition coefficient (Wildman–Crippen LogP) is 4.34. The van der Waals surface area contributed by atoms with Gasteiger partial charge >= 0.3 is 7.82 Å². The van der Waals surface area contributed by atoms with Crippen LogP contribution in [0.4, 0.5) is 0 Å². The number of nitriles is 1. The minimum Gasteiger partial charge on any atom is -0.399 e. The molecule has 0 bridgehead atoms. The van der Waals surface area contributed by atoms with Crippen molar-refractivity contribution < 1.29 is 18.1 Å². The Bertz CT molecular complexity index is 1200. The molecule has 0 aliphatic carbocycles. The van der Waals surface area contributed by atoms with Gasteiger partial charge in [-0.2, -0.15) is 15.5 Å². The molecule has 0 N–H and O–H groups in total. The zero-order valence-electron chi connectivity index (χ0n) is 18.6. The Morgan fingerprint density at radius 1 is 1.12 bits per heavy atom. The highest BCUT2D eigenvalue weighted by Crippen LogP contribution is 2.53. The normalized spacial score (nSPS) is 12.4. The maximum atomic E-state index is 13.2. The van der Waals surface area contributed by atoms with Gasteiger partial charge in [0.15, 0.2) is 11.5 Å². The van der Waals surface area contributed by atoms with Crippen LogP contribution in [-0.2, 0) is 25.2 Å². The average Bonchev–Trinajstić information content (AvgIpc) is 3.34. The number of hydrogen-bond acceptors (Lipinski definition) is 8. The van der Waals surface area contributed by atoms with Gasteiger partial charge in [-0.15, -0.1) is 0 Å². The molecule has 3 aromatic rings. The van der Waals surface area contributed by atoms with Crippen LogP contribution >= 0.6 is 7.82 Å². The van der Waals surface area contributed by atoms with Gasteiger partial charge < -0.3 is 4.52 Å². The number of hydrogen-bond donors (Lipinski definition) is 0. The maximum Gasteiger partial charge on any atom is 0.530 e. The van der Waals surface area contributed by atoms with Crippen LogP contribution in [0.25, 0.3) is 22.8 Å². The summed E-state index contributed by atoms with van der Waals surface area (Å²) < 4.78 is 32.6. The summed E-state index contributed by atoms with van der Waals surface area (Å²) in [6.45, 7) is 7.22. The summed E-state index contributed by atoms with van der Waals surface area (Å²) in [6, 6.07) is 9.30. The minimum absolute atomic E-state index is 0.00193. The molecule has 11 heteroatoms. The van der Waals surface area contributed by atoms with E-state index in [9.17, 15) is 9.83 Å². The van der Waals surface area contributed by atoms with Crippen LogP contribution in [0.2, 0.25) is 0 Å². The van der Waals surface area contributed by atoms with Crippen molar-refractivity contribution in [2.45, 2.75) is 27.7 Å². The van der Waals surface area contributed by atoms with E-state index in [1.54, 1.807) is 50.1 Å². The molecular weight excluding hydrogens is 431 g/mol. The van der Waals surface area contributed by atoms with Gasteiger partial charge in [-0.3, -0.25) is 18.7 Å². The highest BCUT2D eigenvalue weighted by atomic mass is 31.2. The topological polar surface area (TPSA) is 117 Å². The second-order valence-electron chi connectivity index (χ2n) is 6.71. The molecular formula is C21H25N6O4P. The summed E-state index contributed by atoms with van der Waals surface area (Å²) in [6.07, 6.45) is 3.27. The molecule has 0 fully saturated rings. The first-order chi connectivity index (χ1) is 15.3. The first kappa shape index (κ1) is 23.4. The molecule has 0 saturated heterocycles. The van der Waals surface area contributed by atoms with Crippen molar-refractivity contribution in [1.29, 1.82) is 5.26 Å². The molecule has 3 rings (SSSR count). The van der Waals surface area contributed by atoms with Crippen LogP contribution in [0.3, 0.4) is 0 Å². The summed E-state index contributed by atoms with van der Waals surface area (Å²) in [5, 5.41) is 18.9. The number of nitrogens with zero attached hydrogens (tertiary/aromatic N) is 6. The highest BCUT2D eigenvalue weighted by molar-refractivity contribution is 7.48. The Hall–Kier alpha value is -3.25. The molecule has 0 saturated carbocycles. The molecule has 0 aliphatic heterocycles. The molecule has 3 aromatic heterocycles. The molecule has 3 heterocycles. The highest BCUT2D eigenvalue weighted by Gasteiger charge is 2.33. The lowest BCUT2D eigenvalue weighted by molar-refractivity contribution is 0.159. The minimum atomic E-state index is -4.01. The fourth-order valence-corrected chi connectivity index (χ4v) is 4.31. The number of pyridine rings is 1. The Labute approximate surface area is 186 Å². The van der Waals surface area contributed by atoms with Crippen LogP contribution in [0.15, 0.2) is 36.7 Å². The SMILES string of the molecule is CCOP(=O)(OCC)OC(=C(C#N)n1ccc(-c2ccccn2)n1)c1c(C)c(C)nn1C. The Morgan fingerprint density at radius 2 is 1.84 bits per heavy atom. The molecule has 168 valence electrons. The third-order valence-electron chi connectivity index (χ3n) is 4.58. The van der Waals surface area contributed by atoms with E-state index < -0.39 is 7.82 Å². The first-order valence-electron chi connectivity index (χ1n) is 10.0. The smallest absolute Gasteiger partial charge is 0.399 e. The van der Waals surface area contributed by atoms with Gasteiger partial charge in [0.2, 0.25) is 0 Å². The van der Waals surface area contributed by atoms with Gasteiger partial charge in [-0.25, -0.2) is 9.25 Å². The standard InChI is InChI=1S/C21H25N6O4P/c1-6-29-32(28,30-7-2)31-21(20-15(3)16(4)24-26(20)5)19(14-22)27-13-11-18(25-27)17-10-8-9-12-23-17/h8-13H,6-7H2,1-5H3. The fraction of sp³-hybridized carbons (Fsp3) is 0.333. The van der Waals surface area contributed by atoms with Gasteiger partial charge in [0, 0.05) is 25.0 Å². The van der Waals surface area contributed by atoms with Gasteiger partial charge in [-0.05, 0) is 45.9 Å². The molecule has 0 spiro atoms. The lowest BCUT2D eigenvalue weighted by Crippen LogP contribution is -2.09. The van der Waals surface area contributed by atoms with E-state index in [-0.39, 0.29) is 24.7 Å². The molecule has 0 aromatic carbocycles. The summed E-state index contributed by atoms with van der Waals surface area (Å²) >= 11 is 0. The van der Waals surface area contributed by atoms with Crippen LogP contribution in [0.1, 0.15) is 30.8 Å². The van der Waals surface area contributed by atoms with Crippen LogP contribution in [-0.4, -0.2) is 37.8 Å². The van der Waals surface area contributed by atoms with Gasteiger partial charge in [-0.1, -0.05) is 6.07 Å². The van der Waals surface area contributed by atoms with E-state index in [1.165, 1.54) is 4.68 Å². The van der Waals surface area contributed by atoms with Crippen molar-refractivity contribution in [3.63, 3.8) is 0 Å². The van der Waals surface area contributed by atoms with Crippen molar-refractivity contribution in [3.05, 3.63) is 53.6 Å². The molecule has 0 radical (unpaired) electrons. The van der Waals surface area contributed by atoms with E-state index >= 15 is 0 Å². The fourth-order valence-electron chi connectivity index (χ4n) is 3.10. The van der Waals surface area contributed by atoms with E-state index in [0.29, 0.717) is 17.1 Å². The van der Waals surface area contributed by atoms with E-state index in [4.69, 9.17) is 13.6 Å². The zero-order valence-corrected chi connectivity index (χ0v) is 19.5. The number of aromatic nitrogens is 5. The number of aryl methyl sites for hydroxylation is 2. The van der Waals surface area contributed by atoms with Crippen LogP contribution in [0, 0.1) is 25.2 Å². The zero-order chi connectivity index (χ0) is 23.3. The van der Waals surface area contributed by atoms with Crippen LogP contribution < -0.4 is 0 Å². The number of phosphoric ester groups is 1. The predicted molar refractivity (Wildman–Crippen MR) is 119 cm³/mol. The van der Waals surface area contributed by atoms with Crippen molar-refractivity contribution in [1.82, 2.24) is 24.5 Å². The number of phosphoric acid groups is 1. The molecule has 0 aliphatic rings. The van der Waals surface area contributed by atoms with Gasteiger partial charge in [0.1, 0.15) is 17.5 Å². The first-order valence-corrected chi connectivity index (χ1v) is 11.5. The molecule has 10 nitrogen and oxygen atoms in total. The molecule has 0 amide bonds.